The lowest BCUT2D eigenvalue weighted by Crippen LogP contribution is -1.38. The summed E-state index contributed by atoms with van der Waals surface area (Å²) < 4.78 is 0. The first-order valence-corrected chi connectivity index (χ1v) is 25.7. The van der Waals surface area contributed by atoms with E-state index in [0.717, 1.165) is 0 Å². The molecule has 0 saturated carbocycles. The van der Waals surface area contributed by atoms with E-state index in [0.29, 0.717) is 0 Å². The summed E-state index contributed by atoms with van der Waals surface area (Å²) in [4.78, 5) is 0. The summed E-state index contributed by atoms with van der Waals surface area (Å²) >= 11 is 0. The van der Waals surface area contributed by atoms with Gasteiger partial charge in [-0.3, -0.25) is 0 Å². The van der Waals surface area contributed by atoms with Crippen LogP contribution in [0.1, 0.15) is 0 Å². The lowest BCUT2D eigenvalue weighted by atomic mass is 28.7. The predicted molar refractivity (Wildman–Crippen MR) is 111 cm³/mol. The Morgan fingerprint density at radius 1 is 0.615 bits per heavy atom. The first kappa shape index (κ1) is 18.6. The standard InChI is InChI=1S/H15P13/c1-9(2)12(7)8-13(10(3)4)11(5)6/h8H,1-7H2. The molecule has 0 nitrogen and oxygen atoms in total. The van der Waals surface area contributed by atoms with Gasteiger partial charge < -0.3 is 0 Å². The number of rotatable bonds is 5. The van der Waals surface area contributed by atoms with Gasteiger partial charge in [0.05, 0.1) is 0 Å². The Morgan fingerprint density at radius 3 is 1.23 bits per heavy atom. The molecule has 0 amide bonds. The van der Waals surface area contributed by atoms with Crippen LogP contribution >= 0.6 is 105 Å². The Kier molecular flexibility index (Phi) is 14.9. The van der Waals surface area contributed by atoms with Crippen LogP contribution in [0.2, 0.25) is 0 Å². The highest BCUT2D eigenvalue weighted by Crippen LogP contribution is 3.11. The van der Waals surface area contributed by atoms with Crippen LogP contribution in [0.5, 0.6) is 0 Å². The van der Waals surface area contributed by atoms with Crippen molar-refractivity contribution < 1.29 is 0 Å². The van der Waals surface area contributed by atoms with Crippen LogP contribution in [0.4, 0.5) is 0 Å². The summed E-state index contributed by atoms with van der Waals surface area (Å²) in [5.74, 6) is 0. The van der Waals surface area contributed by atoms with Crippen LogP contribution in [0.15, 0.2) is 0 Å². The zero-order chi connectivity index (χ0) is 10.6. The topological polar surface area (TPSA) is 0 Å². The Morgan fingerprint density at radius 2 is 1.00 bits per heavy atom. The monoisotopic (exact) mass is 418 g/mol. The molecule has 0 heterocycles. The SMILES string of the molecule is PP(P)P(P)PP(P(P)P)P(P)P. The van der Waals surface area contributed by atoms with Crippen molar-refractivity contribution in [3.63, 3.8) is 0 Å². The normalized spacial score (nSPS) is 15.9. The van der Waals surface area contributed by atoms with Gasteiger partial charge in [-0.15, -0.1) is 62.5 Å². The highest BCUT2D eigenvalue weighted by Gasteiger charge is 2.21. The van der Waals surface area contributed by atoms with Crippen molar-refractivity contribution >= 4 is 105 Å². The Bertz CT molecular complexity index is 114. The van der Waals surface area contributed by atoms with Crippen LogP contribution in [0.3, 0.4) is 0 Å². The van der Waals surface area contributed by atoms with Crippen molar-refractivity contribution in [3.05, 3.63) is 0 Å². The summed E-state index contributed by atoms with van der Waals surface area (Å²) in [6.07, 6.45) is 0. The summed E-state index contributed by atoms with van der Waals surface area (Å²) in [5, 5.41) is 0. The lowest BCUT2D eigenvalue weighted by Gasteiger charge is -2.29. The molecule has 0 radical (unpaired) electrons. The Labute approximate surface area is 105 Å². The molecule has 0 N–H and O–H groups in total. The fourth-order valence-electron chi connectivity index (χ4n) is 0.366. The fraction of sp³-hybridized carbons (Fsp3) is 0. The average molecular weight is 418 g/mol. The van der Waals surface area contributed by atoms with E-state index in [-0.39, 0.29) is 34.9 Å². The Hall–Kier alpha value is 5.59. The van der Waals surface area contributed by atoms with Crippen LogP contribution in [0.25, 0.3) is 0 Å². The quantitative estimate of drug-likeness (QED) is 0.415. The van der Waals surface area contributed by atoms with Gasteiger partial charge in [0.1, 0.15) is 0 Å². The largest absolute Gasteiger partial charge is 0.102 e. The maximum absolute atomic E-state index is 3.07. The van der Waals surface area contributed by atoms with Gasteiger partial charge in [0.25, 0.3) is 0 Å². The van der Waals surface area contributed by atoms with Gasteiger partial charge in [0, 0.05) is 0 Å². The first-order valence-electron chi connectivity index (χ1n) is 2.85. The highest BCUT2D eigenvalue weighted by atomic mass is 33.2. The van der Waals surface area contributed by atoms with Gasteiger partial charge in [0.2, 0.25) is 0 Å². The van der Waals surface area contributed by atoms with Gasteiger partial charge in [-0.25, -0.2) is 0 Å². The lowest BCUT2D eigenvalue weighted by molar-refractivity contribution is 4.68. The molecule has 0 aliphatic carbocycles. The minimum atomic E-state index is 0.130. The maximum Gasteiger partial charge on any atom is -0.0133 e. The molecule has 13 heavy (non-hydrogen) atoms. The van der Waals surface area contributed by atoms with E-state index in [4.69, 9.17) is 0 Å². The van der Waals surface area contributed by atoms with Crippen LogP contribution in [-0.2, 0) is 0 Å². The molecule has 0 fully saturated rings. The molecule has 0 spiro atoms. The maximum atomic E-state index is 3.07. The Balaban J connectivity index is 4.10. The van der Waals surface area contributed by atoms with Crippen LogP contribution in [-0.4, -0.2) is 0 Å². The fourth-order valence-corrected chi connectivity index (χ4v) is 88.9. The van der Waals surface area contributed by atoms with Gasteiger partial charge in [0.15, 0.2) is 0 Å². The molecule has 0 rings (SSSR count). The first-order chi connectivity index (χ1) is 5.86. The number of hydrogen-bond donors (Lipinski definition) is 0. The predicted octanol–water partition coefficient (Wildman–Crippen LogP) is 7.18. The molecule has 80 valence electrons. The molecule has 9 unspecified atom stereocenters. The molecule has 0 aromatic carbocycles. The molecule has 0 aromatic rings. The molecular formula is H15P13. The molecule has 9 atom stereocenters. The average Bonchev–Trinajstić information content (AvgIpc) is 1.97. The van der Waals surface area contributed by atoms with E-state index in [1.54, 1.807) is 0 Å². The van der Waals surface area contributed by atoms with E-state index >= 15 is 0 Å². The van der Waals surface area contributed by atoms with E-state index in [2.05, 4.69) is 62.5 Å². The summed E-state index contributed by atoms with van der Waals surface area (Å²) in [5.41, 5.74) is 0. The summed E-state index contributed by atoms with van der Waals surface area (Å²) in [6.45, 7) is 0.849. The van der Waals surface area contributed by atoms with Crippen molar-refractivity contribution in [1.29, 1.82) is 0 Å². The third kappa shape index (κ3) is 9.17. The van der Waals surface area contributed by atoms with E-state index in [9.17, 15) is 0 Å². The number of hydrogen-bond acceptors (Lipinski definition) is 0. The van der Waals surface area contributed by atoms with E-state index in [1.807, 2.05) is 0 Å². The molecular weight excluding hydrogens is 403 g/mol. The van der Waals surface area contributed by atoms with Crippen molar-refractivity contribution in [2.24, 2.45) is 0 Å². The van der Waals surface area contributed by atoms with Crippen molar-refractivity contribution in [3.8, 4) is 0 Å². The van der Waals surface area contributed by atoms with Gasteiger partial charge in [-0.1, -0.05) is 7.96 Å². The second-order valence-corrected chi connectivity index (χ2v) is 50.6. The molecule has 0 bridgehead atoms. The zero-order valence-electron chi connectivity index (χ0n) is 6.78. The van der Waals surface area contributed by atoms with Crippen molar-refractivity contribution in [2.75, 3.05) is 0 Å². The van der Waals surface area contributed by atoms with Crippen LogP contribution < -0.4 is 0 Å². The smallest absolute Gasteiger partial charge is 0.0133 e. The third-order valence-electron chi connectivity index (χ3n) is 0.878. The van der Waals surface area contributed by atoms with E-state index in [1.165, 1.54) is 7.96 Å². The summed E-state index contributed by atoms with van der Waals surface area (Å²) in [6, 6.07) is 0. The van der Waals surface area contributed by atoms with Gasteiger partial charge in [-0.05, 0) is 34.9 Å². The molecule has 0 aliphatic heterocycles. The molecule has 13 heteroatoms. The highest BCUT2D eigenvalue weighted by molar-refractivity contribution is 9.17. The van der Waals surface area contributed by atoms with Gasteiger partial charge >= 0.3 is 0 Å². The molecule has 0 aliphatic rings. The zero-order valence-corrected chi connectivity index (χ0v) is 20.3. The van der Waals surface area contributed by atoms with Crippen molar-refractivity contribution in [1.82, 2.24) is 0 Å². The molecule has 0 saturated heterocycles. The second kappa shape index (κ2) is 10.4. The van der Waals surface area contributed by atoms with Gasteiger partial charge in [-0.2, -0.15) is 0 Å². The van der Waals surface area contributed by atoms with Crippen molar-refractivity contribution in [2.45, 2.75) is 0 Å². The second-order valence-electron chi connectivity index (χ2n) is 1.87. The molecule has 0 aromatic heterocycles. The summed E-state index contributed by atoms with van der Waals surface area (Å²) in [7, 11) is 22.2. The third-order valence-corrected chi connectivity index (χ3v) is 71.1. The van der Waals surface area contributed by atoms with E-state index < -0.39 is 0 Å². The minimum absolute atomic E-state index is 0.130. The van der Waals surface area contributed by atoms with Crippen LogP contribution in [0, 0.1) is 0 Å². The minimum Gasteiger partial charge on any atom is -0.102 e.